The Labute approximate surface area is 42.3 Å². The standard InChI is InChI=1S/C4H8NO2/c6-3-4-5-1-2-7-4/h4-5H,1-3H2. The molecule has 0 saturated carbocycles. The summed E-state index contributed by atoms with van der Waals surface area (Å²) in [6.45, 7) is 1.35. The fourth-order valence-corrected chi connectivity index (χ4v) is 0.587. The Bertz CT molecular complexity index is 51.7. The molecule has 0 aromatic rings. The minimum absolute atomic E-state index is 0.167. The first-order valence-electron chi connectivity index (χ1n) is 2.36. The van der Waals surface area contributed by atoms with Gasteiger partial charge in [0.2, 0.25) is 0 Å². The van der Waals surface area contributed by atoms with Gasteiger partial charge in [-0.05, 0) is 0 Å². The molecule has 1 fully saturated rings. The van der Waals surface area contributed by atoms with E-state index < -0.39 is 0 Å². The van der Waals surface area contributed by atoms with Crippen molar-refractivity contribution >= 4 is 0 Å². The van der Waals surface area contributed by atoms with Gasteiger partial charge in [-0.1, -0.05) is 0 Å². The number of hydrogen-bond donors (Lipinski definition) is 1. The normalized spacial score (nSPS) is 31.3. The van der Waals surface area contributed by atoms with Crippen molar-refractivity contribution in [1.29, 1.82) is 0 Å². The molecule has 1 N–H and O–H groups in total. The zero-order valence-electron chi connectivity index (χ0n) is 4.02. The van der Waals surface area contributed by atoms with Gasteiger partial charge in [0.1, 0.15) is 12.8 Å². The molecule has 0 amide bonds. The van der Waals surface area contributed by atoms with Gasteiger partial charge < -0.3 is 4.74 Å². The molecule has 3 nitrogen and oxygen atoms in total. The Kier molecular flexibility index (Phi) is 1.62. The largest absolute Gasteiger partial charge is 0.359 e. The zero-order chi connectivity index (χ0) is 5.11. The van der Waals surface area contributed by atoms with E-state index in [0.717, 1.165) is 6.54 Å². The van der Waals surface area contributed by atoms with Gasteiger partial charge in [0.15, 0.2) is 0 Å². The molecule has 1 heterocycles. The van der Waals surface area contributed by atoms with Crippen LogP contribution < -0.4 is 5.32 Å². The molecular formula is C4H8NO2. The van der Waals surface area contributed by atoms with E-state index in [1.807, 2.05) is 0 Å². The summed E-state index contributed by atoms with van der Waals surface area (Å²) in [6.07, 6.45) is -0.208. The van der Waals surface area contributed by atoms with Crippen LogP contribution in [0.3, 0.4) is 0 Å². The average Bonchev–Trinajstić information content (AvgIpc) is 2.14. The van der Waals surface area contributed by atoms with Crippen LogP contribution in [0.1, 0.15) is 0 Å². The number of hydrogen-bond acceptors (Lipinski definition) is 2. The van der Waals surface area contributed by atoms with E-state index in [4.69, 9.17) is 4.74 Å². The Morgan fingerprint density at radius 2 is 2.71 bits per heavy atom. The van der Waals surface area contributed by atoms with E-state index in [-0.39, 0.29) is 12.8 Å². The monoisotopic (exact) mass is 102 g/mol. The summed E-state index contributed by atoms with van der Waals surface area (Å²) in [5, 5.41) is 12.8. The van der Waals surface area contributed by atoms with Crippen LogP contribution in [0.5, 0.6) is 0 Å². The lowest BCUT2D eigenvalue weighted by Gasteiger charge is -2.00. The van der Waals surface area contributed by atoms with Crippen LogP contribution in [0.2, 0.25) is 0 Å². The summed E-state index contributed by atoms with van der Waals surface area (Å²) in [5.41, 5.74) is 0. The van der Waals surface area contributed by atoms with Crippen molar-refractivity contribution in [2.24, 2.45) is 0 Å². The summed E-state index contributed by atoms with van der Waals surface area (Å²) < 4.78 is 4.88. The third kappa shape index (κ3) is 1.12. The maximum absolute atomic E-state index is 9.94. The van der Waals surface area contributed by atoms with Crippen molar-refractivity contribution < 1.29 is 9.84 Å². The first-order valence-corrected chi connectivity index (χ1v) is 2.36. The lowest BCUT2D eigenvalue weighted by atomic mass is 10.6. The SMILES string of the molecule is [O]CC1NCCO1. The van der Waals surface area contributed by atoms with Crippen LogP contribution in [-0.2, 0) is 9.84 Å². The molecule has 0 aromatic heterocycles. The minimum atomic E-state index is -0.208. The number of nitrogens with one attached hydrogen (secondary N) is 1. The first-order chi connectivity index (χ1) is 3.43. The Morgan fingerprint density at radius 1 is 1.86 bits per heavy atom. The molecule has 1 radical (unpaired) electrons. The highest BCUT2D eigenvalue weighted by molar-refractivity contribution is 4.59. The Hall–Kier alpha value is -0.120. The van der Waals surface area contributed by atoms with Crippen LogP contribution >= 0.6 is 0 Å². The maximum atomic E-state index is 9.94. The Morgan fingerprint density at radius 3 is 3.00 bits per heavy atom. The highest BCUT2D eigenvalue weighted by atomic mass is 16.5. The van der Waals surface area contributed by atoms with Gasteiger partial charge in [0.25, 0.3) is 0 Å². The highest BCUT2D eigenvalue weighted by Gasteiger charge is 2.11. The molecule has 1 aliphatic rings. The van der Waals surface area contributed by atoms with Gasteiger partial charge in [-0.3, -0.25) is 5.32 Å². The summed E-state index contributed by atoms with van der Waals surface area (Å²) in [6, 6.07) is 0. The van der Waals surface area contributed by atoms with E-state index in [9.17, 15) is 5.11 Å². The van der Waals surface area contributed by atoms with Crippen molar-refractivity contribution in [2.75, 3.05) is 19.8 Å². The summed E-state index contributed by atoms with van der Waals surface area (Å²) in [7, 11) is 0. The molecule has 0 bridgehead atoms. The van der Waals surface area contributed by atoms with Gasteiger partial charge in [-0.15, -0.1) is 0 Å². The number of ether oxygens (including phenoxy) is 1. The van der Waals surface area contributed by atoms with E-state index in [1.54, 1.807) is 0 Å². The topological polar surface area (TPSA) is 41.2 Å². The minimum Gasteiger partial charge on any atom is -0.359 e. The van der Waals surface area contributed by atoms with Crippen LogP contribution in [0.25, 0.3) is 0 Å². The molecule has 1 aliphatic heterocycles. The number of rotatable bonds is 1. The van der Waals surface area contributed by atoms with Gasteiger partial charge in [-0.25, -0.2) is 5.11 Å². The van der Waals surface area contributed by atoms with Crippen LogP contribution in [0.15, 0.2) is 0 Å². The Balaban J connectivity index is 2.14. The molecule has 0 aromatic carbocycles. The average molecular weight is 102 g/mol. The fraction of sp³-hybridized carbons (Fsp3) is 1.00. The summed E-state index contributed by atoms with van der Waals surface area (Å²) in [4.78, 5) is 0. The first kappa shape index (κ1) is 5.03. The predicted octanol–water partition coefficient (Wildman–Crippen LogP) is -0.637. The second kappa shape index (κ2) is 2.26. The molecule has 0 aliphatic carbocycles. The lowest BCUT2D eigenvalue weighted by molar-refractivity contribution is 0.0211. The van der Waals surface area contributed by atoms with E-state index in [0.29, 0.717) is 6.61 Å². The predicted molar refractivity (Wildman–Crippen MR) is 23.3 cm³/mol. The lowest BCUT2D eigenvalue weighted by Crippen LogP contribution is -2.25. The quantitative estimate of drug-likeness (QED) is 0.478. The molecule has 7 heavy (non-hydrogen) atoms. The molecule has 41 valence electrons. The zero-order valence-corrected chi connectivity index (χ0v) is 4.02. The van der Waals surface area contributed by atoms with Gasteiger partial charge in [0.05, 0.1) is 6.61 Å². The highest BCUT2D eigenvalue weighted by Crippen LogP contribution is 1.91. The van der Waals surface area contributed by atoms with Gasteiger partial charge >= 0.3 is 0 Å². The fourth-order valence-electron chi connectivity index (χ4n) is 0.587. The van der Waals surface area contributed by atoms with E-state index in [2.05, 4.69) is 5.32 Å². The molecular weight excluding hydrogens is 94.0 g/mol. The van der Waals surface area contributed by atoms with Crippen molar-refractivity contribution in [1.82, 2.24) is 5.32 Å². The molecule has 0 spiro atoms. The second-order valence-corrected chi connectivity index (χ2v) is 1.48. The maximum Gasteiger partial charge on any atom is 0.135 e. The van der Waals surface area contributed by atoms with Crippen LogP contribution in [0, 0.1) is 0 Å². The van der Waals surface area contributed by atoms with Gasteiger partial charge in [0, 0.05) is 6.54 Å². The molecule has 1 saturated heterocycles. The van der Waals surface area contributed by atoms with Crippen molar-refractivity contribution in [3.8, 4) is 0 Å². The molecule has 1 rings (SSSR count). The van der Waals surface area contributed by atoms with E-state index >= 15 is 0 Å². The molecule has 3 heteroatoms. The third-order valence-corrected chi connectivity index (χ3v) is 0.944. The third-order valence-electron chi connectivity index (χ3n) is 0.944. The van der Waals surface area contributed by atoms with Crippen molar-refractivity contribution in [3.05, 3.63) is 0 Å². The second-order valence-electron chi connectivity index (χ2n) is 1.48. The van der Waals surface area contributed by atoms with Crippen LogP contribution in [-0.4, -0.2) is 26.0 Å². The molecule has 1 unspecified atom stereocenters. The summed E-state index contributed by atoms with van der Waals surface area (Å²) >= 11 is 0. The van der Waals surface area contributed by atoms with Crippen molar-refractivity contribution in [3.63, 3.8) is 0 Å². The van der Waals surface area contributed by atoms with E-state index in [1.165, 1.54) is 0 Å². The smallest absolute Gasteiger partial charge is 0.135 e. The van der Waals surface area contributed by atoms with Gasteiger partial charge in [-0.2, -0.15) is 0 Å². The molecule has 1 atom stereocenters. The van der Waals surface area contributed by atoms with Crippen molar-refractivity contribution in [2.45, 2.75) is 6.23 Å². The summed E-state index contributed by atoms with van der Waals surface area (Å²) in [5.74, 6) is 0. The van der Waals surface area contributed by atoms with Crippen LogP contribution in [0.4, 0.5) is 0 Å².